The molecule has 200 valence electrons. The van der Waals surface area contributed by atoms with E-state index in [1.54, 1.807) is 0 Å². The average molecular weight is 502 g/mol. The maximum absolute atomic E-state index is 12.9. The number of ether oxygens (including phenoxy) is 1. The largest absolute Gasteiger partial charge is 0.425 e. The standard InChI is InChI=1S/C34H47NO2/c1-3-5-7-9-11-13-27-15-18-29(19-16-27)30-20-22-31(23-21-30)34(36)37-33-24-17-28(25-32(33)26-35)14-12-10-8-6-4-2/h15-19,24-25,30-31H,3-14,20-23H2,1-2H3. The zero-order chi connectivity index (χ0) is 26.3. The highest BCUT2D eigenvalue weighted by molar-refractivity contribution is 5.76. The Bertz CT molecular complexity index is 980. The van der Waals surface area contributed by atoms with Crippen LogP contribution in [0.15, 0.2) is 42.5 Å². The maximum Gasteiger partial charge on any atom is 0.314 e. The van der Waals surface area contributed by atoms with Crippen molar-refractivity contribution in [2.75, 3.05) is 0 Å². The number of rotatable bonds is 15. The first kappa shape index (κ1) is 29.0. The quantitative estimate of drug-likeness (QED) is 0.139. The second-order valence-corrected chi connectivity index (χ2v) is 11.0. The second kappa shape index (κ2) is 16.3. The van der Waals surface area contributed by atoms with Crippen LogP contribution in [0.25, 0.3) is 0 Å². The third-order valence-electron chi connectivity index (χ3n) is 8.02. The zero-order valence-corrected chi connectivity index (χ0v) is 23.3. The lowest BCUT2D eigenvalue weighted by Crippen LogP contribution is -2.25. The van der Waals surface area contributed by atoms with Crippen LogP contribution < -0.4 is 4.74 Å². The molecule has 0 amide bonds. The first-order valence-corrected chi connectivity index (χ1v) is 15.0. The van der Waals surface area contributed by atoms with E-state index in [1.165, 1.54) is 75.3 Å². The summed E-state index contributed by atoms with van der Waals surface area (Å²) in [6, 6.07) is 17.2. The van der Waals surface area contributed by atoms with Gasteiger partial charge in [-0.15, -0.1) is 0 Å². The van der Waals surface area contributed by atoms with Crippen LogP contribution in [0.5, 0.6) is 5.75 Å². The molecule has 37 heavy (non-hydrogen) atoms. The van der Waals surface area contributed by atoms with E-state index in [2.05, 4.69) is 44.2 Å². The molecule has 3 rings (SSSR count). The molecule has 2 aromatic carbocycles. The summed E-state index contributed by atoms with van der Waals surface area (Å²) in [7, 11) is 0. The van der Waals surface area contributed by atoms with Gasteiger partial charge in [0, 0.05) is 0 Å². The topological polar surface area (TPSA) is 50.1 Å². The van der Waals surface area contributed by atoms with Crippen LogP contribution >= 0.6 is 0 Å². The summed E-state index contributed by atoms with van der Waals surface area (Å²) in [5.41, 5.74) is 4.46. The Labute approximate surface area is 225 Å². The van der Waals surface area contributed by atoms with Crippen molar-refractivity contribution < 1.29 is 9.53 Å². The molecule has 1 saturated carbocycles. The molecule has 0 aliphatic heterocycles. The van der Waals surface area contributed by atoms with Crippen molar-refractivity contribution in [1.29, 1.82) is 5.26 Å². The summed E-state index contributed by atoms with van der Waals surface area (Å²) in [5, 5.41) is 9.63. The normalized spacial score (nSPS) is 17.3. The third-order valence-corrected chi connectivity index (χ3v) is 8.02. The molecule has 0 unspecified atom stereocenters. The SMILES string of the molecule is CCCCCCCc1ccc(C2CCC(C(=O)Oc3ccc(CCCCCCC)cc3C#N)CC2)cc1. The van der Waals surface area contributed by atoms with Gasteiger partial charge in [-0.05, 0) is 86.1 Å². The van der Waals surface area contributed by atoms with Crippen molar-refractivity contribution in [3.05, 3.63) is 64.7 Å². The van der Waals surface area contributed by atoms with Gasteiger partial charge in [0.15, 0.2) is 0 Å². The average Bonchev–Trinajstić information content (AvgIpc) is 2.94. The Kier molecular flexibility index (Phi) is 12.7. The summed E-state index contributed by atoms with van der Waals surface area (Å²) in [5.74, 6) is 0.674. The summed E-state index contributed by atoms with van der Waals surface area (Å²) in [6.45, 7) is 4.48. The highest BCUT2D eigenvalue weighted by Gasteiger charge is 2.29. The Morgan fingerprint density at radius 2 is 1.35 bits per heavy atom. The molecular weight excluding hydrogens is 454 g/mol. The van der Waals surface area contributed by atoms with Gasteiger partial charge in [0.2, 0.25) is 0 Å². The molecule has 0 heterocycles. The molecule has 1 aliphatic rings. The zero-order valence-electron chi connectivity index (χ0n) is 23.3. The molecule has 0 bridgehead atoms. The minimum Gasteiger partial charge on any atom is -0.425 e. The fourth-order valence-corrected chi connectivity index (χ4v) is 5.58. The number of nitrogens with zero attached hydrogens (tertiary/aromatic N) is 1. The number of nitriles is 1. The number of esters is 1. The van der Waals surface area contributed by atoms with Crippen LogP contribution in [0.1, 0.15) is 132 Å². The van der Waals surface area contributed by atoms with Gasteiger partial charge in [-0.3, -0.25) is 4.79 Å². The number of carbonyl (C=O) groups is 1. The molecule has 2 aromatic rings. The van der Waals surface area contributed by atoms with Crippen molar-refractivity contribution in [3.63, 3.8) is 0 Å². The van der Waals surface area contributed by atoms with Crippen LogP contribution in [0.4, 0.5) is 0 Å². The summed E-state index contributed by atoms with van der Waals surface area (Å²) < 4.78 is 5.75. The third kappa shape index (κ3) is 9.66. The first-order valence-electron chi connectivity index (χ1n) is 15.0. The first-order chi connectivity index (χ1) is 18.1. The highest BCUT2D eigenvalue weighted by atomic mass is 16.5. The molecule has 1 aliphatic carbocycles. The Morgan fingerprint density at radius 1 is 0.784 bits per heavy atom. The van der Waals surface area contributed by atoms with E-state index in [9.17, 15) is 10.1 Å². The van der Waals surface area contributed by atoms with Gasteiger partial charge in [0.25, 0.3) is 0 Å². The number of unbranched alkanes of at least 4 members (excludes halogenated alkanes) is 8. The van der Waals surface area contributed by atoms with Crippen LogP contribution in [0.3, 0.4) is 0 Å². The van der Waals surface area contributed by atoms with Gasteiger partial charge in [-0.2, -0.15) is 5.26 Å². The predicted molar refractivity (Wildman–Crippen MR) is 153 cm³/mol. The van der Waals surface area contributed by atoms with Gasteiger partial charge < -0.3 is 4.74 Å². The molecule has 0 spiro atoms. The number of aryl methyl sites for hydroxylation is 2. The van der Waals surface area contributed by atoms with Gasteiger partial charge in [-0.1, -0.05) is 95.5 Å². The van der Waals surface area contributed by atoms with Crippen LogP contribution in [-0.2, 0) is 17.6 Å². The van der Waals surface area contributed by atoms with E-state index in [-0.39, 0.29) is 11.9 Å². The van der Waals surface area contributed by atoms with Crippen molar-refractivity contribution in [1.82, 2.24) is 0 Å². The number of benzene rings is 2. The van der Waals surface area contributed by atoms with Gasteiger partial charge in [-0.25, -0.2) is 0 Å². The summed E-state index contributed by atoms with van der Waals surface area (Å²) >= 11 is 0. The molecule has 0 atom stereocenters. The lowest BCUT2D eigenvalue weighted by molar-refractivity contribution is -0.140. The summed E-state index contributed by atoms with van der Waals surface area (Å²) in [6.07, 6.45) is 18.6. The van der Waals surface area contributed by atoms with Crippen LogP contribution in [-0.4, -0.2) is 5.97 Å². The Morgan fingerprint density at radius 3 is 1.95 bits per heavy atom. The monoisotopic (exact) mass is 501 g/mol. The molecule has 0 radical (unpaired) electrons. The van der Waals surface area contributed by atoms with E-state index in [4.69, 9.17) is 4.74 Å². The smallest absolute Gasteiger partial charge is 0.314 e. The molecule has 3 nitrogen and oxygen atoms in total. The van der Waals surface area contributed by atoms with Gasteiger partial charge in [0.05, 0.1) is 11.5 Å². The molecular formula is C34H47NO2. The minimum absolute atomic E-state index is 0.0802. The van der Waals surface area contributed by atoms with Crippen LogP contribution in [0, 0.1) is 17.2 Å². The molecule has 0 saturated heterocycles. The lowest BCUT2D eigenvalue weighted by Gasteiger charge is -2.27. The van der Waals surface area contributed by atoms with E-state index in [0.29, 0.717) is 17.2 Å². The molecule has 3 heteroatoms. The molecule has 1 fully saturated rings. The van der Waals surface area contributed by atoms with Gasteiger partial charge in [0.1, 0.15) is 11.8 Å². The van der Waals surface area contributed by atoms with E-state index in [1.807, 2.05) is 18.2 Å². The molecule has 0 aromatic heterocycles. The molecule has 0 N–H and O–H groups in total. The fourth-order valence-electron chi connectivity index (χ4n) is 5.58. The van der Waals surface area contributed by atoms with Crippen molar-refractivity contribution >= 4 is 5.97 Å². The Balaban J connectivity index is 1.44. The number of hydrogen-bond donors (Lipinski definition) is 0. The second-order valence-electron chi connectivity index (χ2n) is 11.0. The van der Waals surface area contributed by atoms with Crippen molar-refractivity contribution in [2.24, 2.45) is 5.92 Å². The van der Waals surface area contributed by atoms with Crippen LogP contribution in [0.2, 0.25) is 0 Å². The van der Waals surface area contributed by atoms with Gasteiger partial charge >= 0.3 is 5.97 Å². The Hall–Kier alpha value is -2.60. The predicted octanol–water partition coefficient (Wildman–Crippen LogP) is 9.46. The van der Waals surface area contributed by atoms with E-state index >= 15 is 0 Å². The van der Waals surface area contributed by atoms with Crippen molar-refractivity contribution in [3.8, 4) is 11.8 Å². The van der Waals surface area contributed by atoms with Crippen molar-refractivity contribution in [2.45, 2.75) is 122 Å². The maximum atomic E-state index is 12.9. The van der Waals surface area contributed by atoms with E-state index < -0.39 is 0 Å². The minimum atomic E-state index is -0.180. The highest BCUT2D eigenvalue weighted by Crippen LogP contribution is 2.37. The number of hydrogen-bond acceptors (Lipinski definition) is 3. The lowest BCUT2D eigenvalue weighted by atomic mass is 9.78. The summed E-state index contributed by atoms with van der Waals surface area (Å²) in [4.78, 5) is 12.9. The number of carbonyl (C=O) groups excluding carboxylic acids is 1. The fraction of sp³-hybridized carbons (Fsp3) is 0.588. The van der Waals surface area contributed by atoms with E-state index in [0.717, 1.165) is 44.1 Å².